The fourth-order valence-electron chi connectivity index (χ4n) is 1.98. The molecule has 0 heterocycles. The summed E-state index contributed by atoms with van der Waals surface area (Å²) in [7, 11) is -3.87. The van der Waals surface area contributed by atoms with Crippen molar-refractivity contribution in [1.82, 2.24) is 4.90 Å². The van der Waals surface area contributed by atoms with E-state index >= 15 is 0 Å². The molecular weight excluding hydrogens is 294 g/mol. The molecule has 0 atom stereocenters. The van der Waals surface area contributed by atoms with E-state index in [9.17, 15) is 18.0 Å². The van der Waals surface area contributed by atoms with Crippen molar-refractivity contribution < 1.29 is 23.1 Å². The van der Waals surface area contributed by atoms with E-state index in [1.165, 1.54) is 17.0 Å². The third-order valence-corrected chi connectivity index (χ3v) is 4.94. The molecule has 1 aromatic carbocycles. The first-order valence-electron chi connectivity index (χ1n) is 6.57. The fourth-order valence-corrected chi connectivity index (χ4v) is 3.50. The maximum Gasteiger partial charge on any atom is 0.335 e. The van der Waals surface area contributed by atoms with Gasteiger partial charge in [-0.1, -0.05) is 6.07 Å². The lowest BCUT2D eigenvalue weighted by Gasteiger charge is -2.18. The van der Waals surface area contributed by atoms with Crippen LogP contribution in [-0.2, 0) is 14.6 Å². The van der Waals surface area contributed by atoms with Gasteiger partial charge in [-0.05, 0) is 38.5 Å². The van der Waals surface area contributed by atoms with Crippen LogP contribution < -0.4 is 0 Å². The average molecular weight is 313 g/mol. The number of carboxylic acids is 1. The highest BCUT2D eigenvalue weighted by atomic mass is 32.2. The first kappa shape index (κ1) is 17.2. The van der Waals surface area contributed by atoms with Crippen LogP contribution in [0.4, 0.5) is 0 Å². The van der Waals surface area contributed by atoms with Crippen molar-refractivity contribution in [2.75, 3.05) is 18.8 Å². The van der Waals surface area contributed by atoms with Crippen molar-refractivity contribution in [3.8, 4) is 0 Å². The summed E-state index contributed by atoms with van der Waals surface area (Å²) >= 11 is 0. The Morgan fingerprint density at radius 3 is 2.24 bits per heavy atom. The Hall–Kier alpha value is -1.89. The smallest absolute Gasteiger partial charge is 0.335 e. The van der Waals surface area contributed by atoms with Crippen LogP contribution in [0.25, 0.3) is 0 Å². The predicted molar refractivity (Wildman–Crippen MR) is 78.1 cm³/mol. The summed E-state index contributed by atoms with van der Waals surface area (Å²) in [5.41, 5.74) is 0.307. The van der Waals surface area contributed by atoms with Crippen molar-refractivity contribution in [3.63, 3.8) is 0 Å². The number of carboxylic acid groups (broad SMARTS) is 1. The van der Waals surface area contributed by atoms with Crippen molar-refractivity contribution >= 4 is 21.7 Å². The maximum absolute atomic E-state index is 12.3. The van der Waals surface area contributed by atoms with Crippen molar-refractivity contribution in [3.05, 3.63) is 29.3 Å². The number of aryl methyl sites for hydroxylation is 1. The normalized spacial score (nSPS) is 11.2. The zero-order chi connectivity index (χ0) is 16.2. The van der Waals surface area contributed by atoms with E-state index < -0.39 is 27.5 Å². The number of rotatable bonds is 6. The quantitative estimate of drug-likeness (QED) is 0.855. The van der Waals surface area contributed by atoms with Crippen LogP contribution in [0.2, 0.25) is 0 Å². The topological polar surface area (TPSA) is 91.8 Å². The molecule has 6 nitrogen and oxygen atoms in total. The fraction of sp³-hybridized carbons (Fsp3) is 0.429. The number of carbonyl (C=O) groups is 2. The van der Waals surface area contributed by atoms with E-state index in [0.29, 0.717) is 18.7 Å². The number of nitrogens with zero attached hydrogens (tertiary/aromatic N) is 1. The summed E-state index contributed by atoms with van der Waals surface area (Å²) in [5.74, 6) is -2.35. The molecule has 0 unspecified atom stereocenters. The number of carbonyl (C=O) groups excluding carboxylic acids is 1. The van der Waals surface area contributed by atoms with E-state index in [0.717, 1.165) is 6.07 Å². The lowest BCUT2D eigenvalue weighted by Crippen LogP contribution is -2.35. The molecule has 1 amide bonds. The number of hydrogen-bond acceptors (Lipinski definition) is 4. The number of amides is 1. The SMILES string of the molecule is CCN(CC)C(=O)CS(=O)(=O)c1cc(C(=O)O)ccc1C. The Labute approximate surface area is 124 Å². The summed E-state index contributed by atoms with van der Waals surface area (Å²) < 4.78 is 24.7. The molecule has 0 aliphatic rings. The largest absolute Gasteiger partial charge is 0.478 e. The Morgan fingerprint density at radius 2 is 1.76 bits per heavy atom. The second kappa shape index (κ2) is 6.71. The summed E-state index contributed by atoms with van der Waals surface area (Å²) in [6.45, 7) is 5.97. The second-order valence-corrected chi connectivity index (χ2v) is 6.57. The van der Waals surface area contributed by atoms with Crippen LogP contribution in [0.15, 0.2) is 23.1 Å². The molecule has 1 N–H and O–H groups in total. The van der Waals surface area contributed by atoms with Gasteiger partial charge in [0, 0.05) is 13.1 Å². The molecule has 0 aromatic heterocycles. The van der Waals surface area contributed by atoms with E-state index in [2.05, 4.69) is 0 Å². The molecule has 1 rings (SSSR count). The Balaban J connectivity index is 3.16. The third-order valence-electron chi connectivity index (χ3n) is 3.20. The van der Waals surface area contributed by atoms with Gasteiger partial charge in [0.15, 0.2) is 9.84 Å². The number of hydrogen-bond donors (Lipinski definition) is 1. The summed E-state index contributed by atoms with van der Waals surface area (Å²) in [5, 5.41) is 8.94. The lowest BCUT2D eigenvalue weighted by molar-refractivity contribution is -0.128. The van der Waals surface area contributed by atoms with Gasteiger partial charge in [0.1, 0.15) is 5.75 Å². The summed E-state index contributed by atoms with van der Waals surface area (Å²) in [6.07, 6.45) is 0. The standard InChI is InChI=1S/C14H19NO5S/c1-4-15(5-2)13(16)9-21(19,20)12-8-11(14(17)18)7-6-10(12)3/h6-8H,4-5,9H2,1-3H3,(H,17,18). The first-order valence-corrected chi connectivity index (χ1v) is 8.22. The van der Waals surface area contributed by atoms with E-state index in [1.807, 2.05) is 0 Å². The van der Waals surface area contributed by atoms with Gasteiger partial charge in [0.25, 0.3) is 0 Å². The minimum Gasteiger partial charge on any atom is -0.478 e. The molecule has 0 spiro atoms. The van der Waals surface area contributed by atoms with Crippen LogP contribution in [-0.4, -0.2) is 49.1 Å². The number of benzene rings is 1. The van der Waals surface area contributed by atoms with Gasteiger partial charge >= 0.3 is 5.97 Å². The molecule has 0 saturated carbocycles. The minimum atomic E-state index is -3.87. The van der Waals surface area contributed by atoms with Gasteiger partial charge in [0.05, 0.1) is 10.5 Å². The third kappa shape index (κ3) is 4.04. The van der Waals surface area contributed by atoms with E-state index in [4.69, 9.17) is 5.11 Å². The molecule has 0 aliphatic heterocycles. The lowest BCUT2D eigenvalue weighted by atomic mass is 10.1. The Morgan fingerprint density at radius 1 is 1.19 bits per heavy atom. The molecule has 0 radical (unpaired) electrons. The predicted octanol–water partition coefficient (Wildman–Crippen LogP) is 1.34. The molecule has 0 fully saturated rings. The molecular formula is C14H19NO5S. The highest BCUT2D eigenvalue weighted by Gasteiger charge is 2.24. The van der Waals surface area contributed by atoms with Crippen LogP contribution >= 0.6 is 0 Å². The van der Waals surface area contributed by atoms with Crippen molar-refractivity contribution in [1.29, 1.82) is 0 Å². The Kier molecular flexibility index (Phi) is 5.48. The molecule has 116 valence electrons. The molecule has 0 saturated heterocycles. The van der Waals surface area contributed by atoms with Gasteiger partial charge in [-0.25, -0.2) is 13.2 Å². The van der Waals surface area contributed by atoms with E-state index in [1.54, 1.807) is 20.8 Å². The molecule has 0 aliphatic carbocycles. The number of sulfone groups is 1. The van der Waals surface area contributed by atoms with Gasteiger partial charge in [-0.2, -0.15) is 0 Å². The zero-order valence-corrected chi connectivity index (χ0v) is 13.1. The van der Waals surface area contributed by atoms with Crippen LogP contribution in [0.3, 0.4) is 0 Å². The van der Waals surface area contributed by atoms with Gasteiger partial charge < -0.3 is 10.0 Å². The van der Waals surface area contributed by atoms with Crippen LogP contribution in [0, 0.1) is 6.92 Å². The summed E-state index contributed by atoms with van der Waals surface area (Å²) in [6, 6.07) is 3.86. The highest BCUT2D eigenvalue weighted by molar-refractivity contribution is 7.92. The molecule has 21 heavy (non-hydrogen) atoms. The average Bonchev–Trinajstić information content (AvgIpc) is 2.39. The monoisotopic (exact) mass is 313 g/mol. The summed E-state index contributed by atoms with van der Waals surface area (Å²) in [4.78, 5) is 24.2. The Bertz CT molecular complexity index is 647. The maximum atomic E-state index is 12.3. The van der Waals surface area contributed by atoms with E-state index in [-0.39, 0.29) is 10.5 Å². The number of aromatic carboxylic acids is 1. The molecule has 7 heteroatoms. The van der Waals surface area contributed by atoms with Gasteiger partial charge in [-0.15, -0.1) is 0 Å². The highest BCUT2D eigenvalue weighted by Crippen LogP contribution is 2.19. The van der Waals surface area contributed by atoms with Gasteiger partial charge in [-0.3, -0.25) is 4.79 Å². The van der Waals surface area contributed by atoms with Gasteiger partial charge in [0.2, 0.25) is 5.91 Å². The second-order valence-electron chi connectivity index (χ2n) is 4.61. The zero-order valence-electron chi connectivity index (χ0n) is 12.3. The van der Waals surface area contributed by atoms with Crippen molar-refractivity contribution in [2.24, 2.45) is 0 Å². The first-order chi connectivity index (χ1) is 9.72. The van der Waals surface area contributed by atoms with Crippen molar-refractivity contribution in [2.45, 2.75) is 25.7 Å². The minimum absolute atomic E-state index is 0.108. The van der Waals surface area contributed by atoms with Crippen LogP contribution in [0.5, 0.6) is 0 Å². The molecule has 1 aromatic rings. The van der Waals surface area contributed by atoms with Crippen LogP contribution in [0.1, 0.15) is 29.8 Å². The molecule has 0 bridgehead atoms.